The fourth-order valence-electron chi connectivity index (χ4n) is 1.50. The van der Waals surface area contributed by atoms with Crippen molar-refractivity contribution >= 4 is 15.8 Å². The second kappa shape index (κ2) is 5.31. The molecular weight excluding hydrogens is 244 g/mol. The standard InChI is InChI=1S/C10H16N2O4S/c1-8-11-7-9(10(13)16-2)12(8)5-4-6-17(3,14)15/h7H,4-6H2,1-3H3. The van der Waals surface area contributed by atoms with Crippen LogP contribution in [-0.2, 0) is 21.1 Å². The van der Waals surface area contributed by atoms with E-state index in [4.69, 9.17) is 0 Å². The summed E-state index contributed by atoms with van der Waals surface area (Å²) in [5.41, 5.74) is 0.346. The zero-order valence-electron chi connectivity index (χ0n) is 10.1. The van der Waals surface area contributed by atoms with E-state index >= 15 is 0 Å². The number of rotatable bonds is 5. The maximum Gasteiger partial charge on any atom is 0.356 e. The molecule has 0 saturated carbocycles. The average Bonchev–Trinajstić information content (AvgIpc) is 2.58. The normalized spacial score (nSPS) is 11.5. The summed E-state index contributed by atoms with van der Waals surface area (Å²) in [6.07, 6.45) is 3.07. The van der Waals surface area contributed by atoms with Crippen LogP contribution in [0, 0.1) is 6.92 Å². The monoisotopic (exact) mass is 260 g/mol. The number of esters is 1. The number of hydrogen-bond donors (Lipinski definition) is 0. The zero-order chi connectivity index (χ0) is 13.1. The average molecular weight is 260 g/mol. The molecule has 0 amide bonds. The fourth-order valence-corrected chi connectivity index (χ4v) is 2.16. The number of hydrogen-bond acceptors (Lipinski definition) is 5. The van der Waals surface area contributed by atoms with Crippen molar-refractivity contribution in [3.63, 3.8) is 0 Å². The van der Waals surface area contributed by atoms with Crippen molar-refractivity contribution in [1.82, 2.24) is 9.55 Å². The highest BCUT2D eigenvalue weighted by Gasteiger charge is 2.14. The number of carbonyl (C=O) groups excluding carboxylic acids is 1. The van der Waals surface area contributed by atoms with Gasteiger partial charge in [-0.15, -0.1) is 0 Å². The Kier molecular flexibility index (Phi) is 4.28. The van der Waals surface area contributed by atoms with Crippen molar-refractivity contribution in [2.24, 2.45) is 0 Å². The second-order valence-corrected chi connectivity index (χ2v) is 6.08. The van der Waals surface area contributed by atoms with Gasteiger partial charge in [0, 0.05) is 12.8 Å². The fraction of sp³-hybridized carbons (Fsp3) is 0.600. The Morgan fingerprint density at radius 3 is 2.71 bits per heavy atom. The molecule has 1 rings (SSSR count). The van der Waals surface area contributed by atoms with Crippen molar-refractivity contribution in [3.05, 3.63) is 17.7 Å². The minimum absolute atomic E-state index is 0.0885. The van der Waals surface area contributed by atoms with Crippen LogP contribution in [0.5, 0.6) is 0 Å². The van der Waals surface area contributed by atoms with Gasteiger partial charge in [0.2, 0.25) is 0 Å². The maximum absolute atomic E-state index is 11.4. The molecule has 1 aromatic rings. The Bertz CT molecular complexity index is 504. The lowest BCUT2D eigenvalue weighted by Gasteiger charge is -2.08. The van der Waals surface area contributed by atoms with Crippen LogP contribution in [0.1, 0.15) is 22.7 Å². The molecule has 0 fully saturated rings. The topological polar surface area (TPSA) is 78.3 Å². The summed E-state index contributed by atoms with van der Waals surface area (Å²) in [5, 5.41) is 0. The second-order valence-electron chi connectivity index (χ2n) is 3.82. The summed E-state index contributed by atoms with van der Waals surface area (Å²) in [4.78, 5) is 15.4. The molecule has 0 unspecified atom stereocenters. The molecule has 7 heteroatoms. The van der Waals surface area contributed by atoms with Gasteiger partial charge in [-0.1, -0.05) is 0 Å². The summed E-state index contributed by atoms with van der Waals surface area (Å²) >= 11 is 0. The van der Waals surface area contributed by atoms with Crippen molar-refractivity contribution in [2.45, 2.75) is 19.9 Å². The van der Waals surface area contributed by atoms with E-state index in [0.29, 0.717) is 24.5 Å². The number of aromatic nitrogens is 2. The molecule has 6 nitrogen and oxygen atoms in total. The van der Waals surface area contributed by atoms with Gasteiger partial charge in [-0.25, -0.2) is 18.2 Å². The van der Waals surface area contributed by atoms with Crippen LogP contribution >= 0.6 is 0 Å². The van der Waals surface area contributed by atoms with E-state index in [2.05, 4.69) is 9.72 Å². The van der Waals surface area contributed by atoms with Gasteiger partial charge in [0.05, 0.1) is 19.1 Å². The van der Waals surface area contributed by atoms with Gasteiger partial charge in [-0.3, -0.25) is 0 Å². The first-order valence-corrected chi connectivity index (χ1v) is 7.19. The van der Waals surface area contributed by atoms with Crippen molar-refractivity contribution in [3.8, 4) is 0 Å². The molecule has 0 aliphatic carbocycles. The minimum Gasteiger partial charge on any atom is -0.464 e. The number of methoxy groups -OCH3 is 1. The van der Waals surface area contributed by atoms with E-state index in [1.54, 1.807) is 11.5 Å². The molecule has 1 heterocycles. The Hall–Kier alpha value is -1.37. The van der Waals surface area contributed by atoms with E-state index in [0.717, 1.165) is 0 Å². The van der Waals surface area contributed by atoms with E-state index in [9.17, 15) is 13.2 Å². The van der Waals surface area contributed by atoms with E-state index < -0.39 is 15.8 Å². The predicted octanol–water partition coefficient (Wildman–Crippen LogP) is 0.413. The third-order valence-corrected chi connectivity index (χ3v) is 3.38. The van der Waals surface area contributed by atoms with Crippen molar-refractivity contribution in [1.29, 1.82) is 0 Å². The van der Waals surface area contributed by atoms with Crippen LogP contribution in [0.3, 0.4) is 0 Å². The van der Waals surface area contributed by atoms with Crippen LogP contribution in [0.2, 0.25) is 0 Å². The lowest BCUT2D eigenvalue weighted by atomic mass is 10.4. The number of sulfone groups is 1. The van der Waals surface area contributed by atoms with E-state index in [1.807, 2.05) is 0 Å². The van der Waals surface area contributed by atoms with Gasteiger partial charge in [0.15, 0.2) is 0 Å². The molecule has 0 saturated heterocycles. The molecule has 96 valence electrons. The summed E-state index contributed by atoms with van der Waals surface area (Å²) in [6, 6.07) is 0. The number of nitrogens with zero attached hydrogens (tertiary/aromatic N) is 2. The van der Waals surface area contributed by atoms with E-state index in [1.165, 1.54) is 19.6 Å². The highest BCUT2D eigenvalue weighted by molar-refractivity contribution is 7.90. The third kappa shape index (κ3) is 3.85. The molecule has 0 aromatic carbocycles. The molecule has 17 heavy (non-hydrogen) atoms. The first-order chi connectivity index (χ1) is 7.85. The van der Waals surface area contributed by atoms with Crippen LogP contribution in [0.25, 0.3) is 0 Å². The van der Waals surface area contributed by atoms with Gasteiger partial charge < -0.3 is 9.30 Å². The summed E-state index contributed by atoms with van der Waals surface area (Å²) in [5.74, 6) is 0.287. The Balaban J connectivity index is 2.77. The van der Waals surface area contributed by atoms with Crippen LogP contribution < -0.4 is 0 Å². The quantitative estimate of drug-likeness (QED) is 0.717. The molecule has 0 aliphatic heterocycles. The van der Waals surface area contributed by atoms with Gasteiger partial charge in [-0.2, -0.15) is 0 Å². The van der Waals surface area contributed by atoms with Crippen molar-refractivity contribution < 1.29 is 17.9 Å². The van der Waals surface area contributed by atoms with Gasteiger partial charge in [-0.05, 0) is 13.3 Å². The SMILES string of the molecule is COC(=O)c1cnc(C)n1CCCS(C)(=O)=O. The third-order valence-electron chi connectivity index (χ3n) is 2.35. The van der Waals surface area contributed by atoms with Crippen LogP contribution in [0.4, 0.5) is 0 Å². The number of imidazole rings is 1. The summed E-state index contributed by atoms with van der Waals surface area (Å²) in [6.45, 7) is 2.19. The molecule has 0 N–H and O–H groups in total. The predicted molar refractivity (Wildman–Crippen MR) is 62.6 cm³/mol. The number of carbonyl (C=O) groups is 1. The lowest BCUT2D eigenvalue weighted by Crippen LogP contribution is -2.14. The highest BCUT2D eigenvalue weighted by Crippen LogP contribution is 2.08. The van der Waals surface area contributed by atoms with Crippen LogP contribution in [-0.4, -0.2) is 43.1 Å². The van der Waals surface area contributed by atoms with Crippen LogP contribution in [0.15, 0.2) is 6.20 Å². The first kappa shape index (κ1) is 13.7. The first-order valence-electron chi connectivity index (χ1n) is 5.13. The number of aryl methyl sites for hydroxylation is 1. The molecule has 0 atom stereocenters. The highest BCUT2D eigenvalue weighted by atomic mass is 32.2. The zero-order valence-corrected chi connectivity index (χ0v) is 11.0. The molecule has 1 aromatic heterocycles. The summed E-state index contributed by atoms with van der Waals surface area (Å²) in [7, 11) is -1.68. The van der Waals surface area contributed by atoms with Gasteiger partial charge in [0.1, 0.15) is 21.4 Å². The summed E-state index contributed by atoms with van der Waals surface area (Å²) < 4.78 is 28.3. The molecular formula is C10H16N2O4S. The Morgan fingerprint density at radius 2 is 2.18 bits per heavy atom. The lowest BCUT2D eigenvalue weighted by molar-refractivity contribution is 0.0588. The van der Waals surface area contributed by atoms with Crippen molar-refractivity contribution in [2.75, 3.05) is 19.1 Å². The van der Waals surface area contributed by atoms with Gasteiger partial charge >= 0.3 is 5.97 Å². The number of ether oxygens (including phenoxy) is 1. The molecule has 0 bridgehead atoms. The van der Waals surface area contributed by atoms with Gasteiger partial charge in [0.25, 0.3) is 0 Å². The van der Waals surface area contributed by atoms with E-state index in [-0.39, 0.29) is 5.75 Å². The smallest absolute Gasteiger partial charge is 0.356 e. The minimum atomic E-state index is -2.98. The Labute approximate surface area is 101 Å². The maximum atomic E-state index is 11.4. The Morgan fingerprint density at radius 1 is 1.53 bits per heavy atom. The molecule has 0 radical (unpaired) electrons. The largest absolute Gasteiger partial charge is 0.464 e. The molecule has 0 spiro atoms. The molecule has 0 aliphatic rings.